The number of methoxy groups -OCH3 is 1. The van der Waals surface area contributed by atoms with Crippen LogP contribution in [0, 0.1) is 0 Å². The van der Waals surface area contributed by atoms with E-state index in [9.17, 15) is 4.79 Å². The molecule has 0 saturated heterocycles. The Morgan fingerprint density at radius 2 is 2.23 bits per heavy atom. The van der Waals surface area contributed by atoms with Gasteiger partial charge in [0.2, 0.25) is 5.88 Å². The highest BCUT2D eigenvalue weighted by atomic mass is 32.2. The summed E-state index contributed by atoms with van der Waals surface area (Å²) in [6, 6.07) is 7.93. The van der Waals surface area contributed by atoms with E-state index >= 15 is 0 Å². The van der Waals surface area contributed by atoms with Gasteiger partial charge in [0.1, 0.15) is 5.82 Å². The summed E-state index contributed by atoms with van der Waals surface area (Å²) >= 11 is 1.07. The quantitative estimate of drug-likeness (QED) is 0.597. The van der Waals surface area contributed by atoms with Crippen LogP contribution in [0.5, 0.6) is 5.88 Å². The smallest absolute Gasteiger partial charge is 0.275 e. The van der Waals surface area contributed by atoms with Crippen molar-refractivity contribution >= 4 is 34.4 Å². The predicted molar refractivity (Wildman–Crippen MR) is 103 cm³/mol. The first-order valence-corrected chi connectivity index (χ1v) is 8.98. The van der Waals surface area contributed by atoms with Gasteiger partial charge < -0.3 is 14.4 Å². The lowest BCUT2D eigenvalue weighted by Crippen LogP contribution is -2.32. The summed E-state index contributed by atoms with van der Waals surface area (Å²) < 4.78 is 8.36. The lowest BCUT2D eigenvalue weighted by atomic mass is 9.99. The number of benzene rings is 1. The first-order chi connectivity index (χ1) is 12.7. The molecule has 0 fully saturated rings. The summed E-state index contributed by atoms with van der Waals surface area (Å²) in [5, 5.41) is 13.1. The summed E-state index contributed by atoms with van der Waals surface area (Å²) in [6.07, 6.45) is 2.48. The number of aromatic amines is 1. The van der Waals surface area contributed by atoms with Crippen molar-refractivity contribution in [1.82, 2.24) is 15.2 Å². The fourth-order valence-corrected chi connectivity index (χ4v) is 3.54. The molecule has 3 aromatic rings. The fourth-order valence-electron chi connectivity index (χ4n) is 3.28. The minimum atomic E-state index is -0.256. The molecule has 0 amide bonds. The molecule has 4 rings (SSSR count). The number of nitrogens with two attached hydrogens (primary N) is 1. The molecule has 8 nitrogen and oxygen atoms in total. The number of nitrogens with one attached hydrogen (secondary N) is 2. The van der Waals surface area contributed by atoms with Crippen LogP contribution in [0.1, 0.15) is 11.1 Å². The van der Waals surface area contributed by atoms with Gasteiger partial charge in [0, 0.05) is 42.4 Å². The van der Waals surface area contributed by atoms with E-state index in [0.717, 1.165) is 30.8 Å². The Morgan fingerprint density at radius 3 is 3.04 bits per heavy atom. The van der Waals surface area contributed by atoms with E-state index in [0.29, 0.717) is 29.0 Å². The molecule has 0 atom stereocenters. The molecule has 0 spiro atoms. The van der Waals surface area contributed by atoms with Crippen LogP contribution in [-0.2, 0) is 13.0 Å². The van der Waals surface area contributed by atoms with E-state index < -0.39 is 0 Å². The number of ether oxygens (including phenoxy) is 1. The zero-order valence-corrected chi connectivity index (χ0v) is 15.0. The molecule has 3 heterocycles. The number of nitrogens with zero attached hydrogens (tertiary/aromatic N) is 3. The molecule has 134 valence electrons. The largest absolute Gasteiger partial charge is 0.481 e. The van der Waals surface area contributed by atoms with E-state index in [2.05, 4.69) is 36.9 Å². The predicted octanol–water partition coefficient (Wildman–Crippen LogP) is 1.82. The first-order valence-electron chi connectivity index (χ1n) is 8.10. The summed E-state index contributed by atoms with van der Waals surface area (Å²) in [4.78, 5) is 19.0. The third-order valence-corrected chi connectivity index (χ3v) is 4.86. The fraction of sp³-hybridized carbons (Fsp3) is 0.235. The van der Waals surface area contributed by atoms with Crippen LogP contribution >= 0.6 is 12.1 Å². The first kappa shape index (κ1) is 16.7. The zero-order valence-electron chi connectivity index (χ0n) is 14.2. The second kappa shape index (κ2) is 6.85. The van der Waals surface area contributed by atoms with Gasteiger partial charge in [-0.1, -0.05) is 6.07 Å². The van der Waals surface area contributed by atoms with Crippen molar-refractivity contribution < 1.29 is 4.74 Å². The second-order valence-electron chi connectivity index (χ2n) is 6.03. The van der Waals surface area contributed by atoms with Gasteiger partial charge >= 0.3 is 0 Å². The van der Waals surface area contributed by atoms with Crippen LogP contribution in [0.25, 0.3) is 10.8 Å². The summed E-state index contributed by atoms with van der Waals surface area (Å²) in [5.74, 6) is 1.07. The van der Waals surface area contributed by atoms with E-state index in [4.69, 9.17) is 9.88 Å². The molecule has 0 radical (unpaired) electrons. The average molecular weight is 370 g/mol. The Kier molecular flexibility index (Phi) is 4.39. The normalized spacial score (nSPS) is 13.5. The van der Waals surface area contributed by atoms with Crippen LogP contribution in [0.2, 0.25) is 0 Å². The minimum absolute atomic E-state index is 0.256. The van der Waals surface area contributed by atoms with Gasteiger partial charge in [0.15, 0.2) is 0 Å². The number of pyridine rings is 1. The monoisotopic (exact) mass is 370 g/mol. The van der Waals surface area contributed by atoms with Crippen molar-refractivity contribution in [3.05, 3.63) is 51.9 Å². The average Bonchev–Trinajstić information content (AvgIpc) is 2.67. The number of fused-ring (bicyclic) bond motifs is 2. The van der Waals surface area contributed by atoms with Gasteiger partial charge in [-0.3, -0.25) is 9.93 Å². The summed E-state index contributed by atoms with van der Waals surface area (Å²) in [6.45, 7) is 1.42. The third kappa shape index (κ3) is 2.95. The zero-order chi connectivity index (χ0) is 18.1. The molecular weight excluding hydrogens is 352 g/mol. The van der Waals surface area contributed by atoms with Gasteiger partial charge in [0.05, 0.1) is 18.7 Å². The Morgan fingerprint density at radius 1 is 1.35 bits per heavy atom. The van der Waals surface area contributed by atoms with Gasteiger partial charge in [-0.25, -0.2) is 5.10 Å². The number of H-pyrrole nitrogens is 1. The Balaban J connectivity index is 1.79. The van der Waals surface area contributed by atoms with E-state index in [-0.39, 0.29) is 5.56 Å². The topological polar surface area (TPSA) is 109 Å². The number of anilines is 2. The van der Waals surface area contributed by atoms with E-state index in [1.54, 1.807) is 19.4 Å². The molecule has 9 heteroatoms. The highest BCUT2D eigenvalue weighted by Crippen LogP contribution is 2.30. The number of rotatable bonds is 4. The SMILES string of the molecule is COc1cc2cn[nH]c(=O)c2c(N2CCc3ccc(NSN)cc3C2)n1. The maximum Gasteiger partial charge on any atom is 0.275 e. The molecule has 1 aromatic carbocycles. The van der Waals surface area contributed by atoms with Crippen molar-refractivity contribution in [1.29, 1.82) is 0 Å². The van der Waals surface area contributed by atoms with Gasteiger partial charge in [-0.05, 0) is 29.7 Å². The highest BCUT2D eigenvalue weighted by molar-refractivity contribution is 7.98. The maximum atomic E-state index is 12.4. The molecule has 0 unspecified atom stereocenters. The number of aromatic nitrogens is 3. The van der Waals surface area contributed by atoms with Crippen molar-refractivity contribution in [2.24, 2.45) is 5.14 Å². The second-order valence-corrected chi connectivity index (χ2v) is 6.47. The van der Waals surface area contributed by atoms with Gasteiger partial charge in [0.25, 0.3) is 5.56 Å². The van der Waals surface area contributed by atoms with Crippen LogP contribution in [-0.4, -0.2) is 28.8 Å². The lowest BCUT2D eigenvalue weighted by molar-refractivity contribution is 0.398. The van der Waals surface area contributed by atoms with Crippen LogP contribution in [0.3, 0.4) is 0 Å². The number of hydrogen-bond acceptors (Lipinski definition) is 8. The number of hydrogen-bond donors (Lipinski definition) is 3. The van der Waals surface area contributed by atoms with Crippen LogP contribution < -0.4 is 25.1 Å². The molecule has 1 aliphatic heterocycles. The summed E-state index contributed by atoms with van der Waals surface area (Å²) in [7, 11) is 1.56. The van der Waals surface area contributed by atoms with Crippen LogP contribution in [0.15, 0.2) is 35.3 Å². The van der Waals surface area contributed by atoms with Crippen LogP contribution in [0.4, 0.5) is 11.5 Å². The Labute approximate surface area is 154 Å². The van der Waals surface area contributed by atoms with Crippen molar-refractivity contribution in [3.8, 4) is 5.88 Å². The van der Waals surface area contributed by atoms with E-state index in [1.165, 1.54) is 11.1 Å². The minimum Gasteiger partial charge on any atom is -0.481 e. The molecule has 4 N–H and O–H groups in total. The molecule has 2 aromatic heterocycles. The van der Waals surface area contributed by atoms with Gasteiger partial charge in [-0.2, -0.15) is 10.1 Å². The van der Waals surface area contributed by atoms with Crippen molar-refractivity contribution in [2.45, 2.75) is 13.0 Å². The molecule has 26 heavy (non-hydrogen) atoms. The van der Waals surface area contributed by atoms with Crippen molar-refractivity contribution in [3.63, 3.8) is 0 Å². The summed E-state index contributed by atoms with van der Waals surface area (Å²) in [5.41, 5.74) is 3.16. The Hall–Kier alpha value is -2.78. The third-order valence-electron chi connectivity index (χ3n) is 4.51. The highest BCUT2D eigenvalue weighted by Gasteiger charge is 2.22. The van der Waals surface area contributed by atoms with Gasteiger partial charge in [-0.15, -0.1) is 0 Å². The Bertz CT molecular complexity index is 1020. The maximum absolute atomic E-state index is 12.4. The molecule has 0 bridgehead atoms. The van der Waals surface area contributed by atoms with E-state index in [1.807, 2.05) is 6.07 Å². The standard InChI is InChI=1S/C17H18N6O2S/c1-25-14-7-11-8-19-21-17(24)15(11)16(20-14)23-5-4-10-2-3-13(22-26-18)6-12(10)9-23/h2-3,6-8,22H,4-5,9,18H2,1H3,(H,21,24). The molecular formula is C17H18N6O2S. The molecule has 0 saturated carbocycles. The molecule has 0 aliphatic carbocycles. The molecule has 1 aliphatic rings. The van der Waals surface area contributed by atoms with Crippen molar-refractivity contribution in [2.75, 3.05) is 23.3 Å². The lowest BCUT2D eigenvalue weighted by Gasteiger charge is -2.30.